The van der Waals surface area contributed by atoms with E-state index in [0.29, 0.717) is 12.2 Å². The number of benzene rings is 2. The molecule has 0 bridgehead atoms. The monoisotopic (exact) mass is 414 g/mol. The van der Waals surface area contributed by atoms with E-state index >= 15 is 0 Å². The molecule has 2 aliphatic heterocycles. The van der Waals surface area contributed by atoms with Crippen molar-refractivity contribution in [2.75, 3.05) is 13.2 Å². The number of halogens is 2. The molecule has 0 saturated carbocycles. The van der Waals surface area contributed by atoms with Gasteiger partial charge in [-0.05, 0) is 55.7 Å². The first-order valence-electron chi connectivity index (χ1n) is 9.73. The lowest BCUT2D eigenvalue weighted by molar-refractivity contribution is 0.0475. The van der Waals surface area contributed by atoms with Crippen LogP contribution in [0.1, 0.15) is 62.4 Å². The molecule has 2 heterocycles. The zero-order valence-electron chi connectivity index (χ0n) is 16.3. The third kappa shape index (κ3) is 3.70. The summed E-state index contributed by atoms with van der Waals surface area (Å²) in [6.07, 6.45) is 1.53. The van der Waals surface area contributed by atoms with Gasteiger partial charge in [0.2, 0.25) is 0 Å². The van der Waals surface area contributed by atoms with Crippen LogP contribution in [0, 0.1) is 11.6 Å². The Kier molecular flexibility index (Phi) is 5.34. The summed E-state index contributed by atoms with van der Waals surface area (Å²) in [5, 5.41) is 2.69. The zero-order chi connectivity index (χ0) is 21.4. The highest BCUT2D eigenvalue weighted by molar-refractivity contribution is 6.22. The minimum atomic E-state index is -0.999. The molecule has 0 radical (unpaired) electrons. The molecule has 156 valence electrons. The van der Waals surface area contributed by atoms with E-state index in [1.54, 1.807) is 6.92 Å². The SMILES string of the molecule is CC(NC(=O)c1ccc2c(c1)C(=O)N(CC1CCCO1)C2=O)c1ccc(F)c(F)c1. The fourth-order valence-electron chi connectivity index (χ4n) is 3.73. The molecule has 8 heteroatoms. The fourth-order valence-corrected chi connectivity index (χ4v) is 3.73. The van der Waals surface area contributed by atoms with E-state index in [9.17, 15) is 23.2 Å². The second kappa shape index (κ2) is 7.95. The molecule has 0 aliphatic carbocycles. The Bertz CT molecular complexity index is 1030. The van der Waals surface area contributed by atoms with Gasteiger partial charge in [-0.1, -0.05) is 6.07 Å². The van der Waals surface area contributed by atoms with Crippen molar-refractivity contribution in [3.8, 4) is 0 Å². The summed E-state index contributed by atoms with van der Waals surface area (Å²) < 4.78 is 32.1. The Balaban J connectivity index is 1.49. The summed E-state index contributed by atoms with van der Waals surface area (Å²) >= 11 is 0. The topological polar surface area (TPSA) is 75.7 Å². The molecule has 4 rings (SSSR count). The molecule has 2 aromatic carbocycles. The number of rotatable bonds is 5. The summed E-state index contributed by atoms with van der Waals surface area (Å²) in [5.74, 6) is -3.30. The van der Waals surface area contributed by atoms with Crippen molar-refractivity contribution < 1.29 is 27.9 Å². The maximum atomic E-state index is 13.4. The first-order valence-corrected chi connectivity index (χ1v) is 9.73. The van der Waals surface area contributed by atoms with Crippen LogP contribution in [0.3, 0.4) is 0 Å². The van der Waals surface area contributed by atoms with Crippen molar-refractivity contribution in [2.24, 2.45) is 0 Å². The Morgan fingerprint density at radius 2 is 1.90 bits per heavy atom. The van der Waals surface area contributed by atoms with Gasteiger partial charge in [-0.15, -0.1) is 0 Å². The third-order valence-corrected chi connectivity index (χ3v) is 5.43. The van der Waals surface area contributed by atoms with Gasteiger partial charge >= 0.3 is 0 Å². The quantitative estimate of drug-likeness (QED) is 0.763. The number of ether oxygens (including phenoxy) is 1. The van der Waals surface area contributed by atoms with Crippen LogP contribution >= 0.6 is 0 Å². The summed E-state index contributed by atoms with van der Waals surface area (Å²) in [5.41, 5.74) is 1.02. The summed E-state index contributed by atoms with van der Waals surface area (Å²) in [7, 11) is 0. The van der Waals surface area contributed by atoms with Gasteiger partial charge in [-0.3, -0.25) is 19.3 Å². The number of amides is 3. The molecule has 0 aromatic heterocycles. The van der Waals surface area contributed by atoms with Gasteiger partial charge in [-0.2, -0.15) is 0 Å². The molecule has 1 N–H and O–H groups in total. The molecule has 2 unspecified atom stereocenters. The largest absolute Gasteiger partial charge is 0.376 e. The van der Waals surface area contributed by atoms with Gasteiger partial charge in [0, 0.05) is 12.2 Å². The Morgan fingerprint density at radius 3 is 2.60 bits per heavy atom. The minimum Gasteiger partial charge on any atom is -0.376 e. The highest BCUT2D eigenvalue weighted by Crippen LogP contribution is 2.26. The lowest BCUT2D eigenvalue weighted by Gasteiger charge is -2.17. The van der Waals surface area contributed by atoms with Crippen molar-refractivity contribution in [1.29, 1.82) is 0 Å². The number of nitrogens with zero attached hydrogens (tertiary/aromatic N) is 1. The van der Waals surface area contributed by atoms with Crippen molar-refractivity contribution in [3.05, 3.63) is 70.3 Å². The molecule has 1 saturated heterocycles. The molecular weight excluding hydrogens is 394 g/mol. The fraction of sp³-hybridized carbons (Fsp3) is 0.318. The normalized spacial score (nSPS) is 19.2. The van der Waals surface area contributed by atoms with Crippen LogP contribution in [0.15, 0.2) is 36.4 Å². The van der Waals surface area contributed by atoms with E-state index in [0.717, 1.165) is 29.9 Å². The lowest BCUT2D eigenvalue weighted by atomic mass is 10.0. The minimum absolute atomic E-state index is 0.160. The number of carbonyl (C=O) groups excluding carboxylic acids is 3. The van der Waals surface area contributed by atoms with Crippen LogP contribution in [-0.4, -0.2) is 41.9 Å². The Morgan fingerprint density at radius 1 is 1.13 bits per heavy atom. The molecule has 1 fully saturated rings. The van der Waals surface area contributed by atoms with Crippen molar-refractivity contribution in [3.63, 3.8) is 0 Å². The van der Waals surface area contributed by atoms with Crippen LogP contribution in [0.4, 0.5) is 8.78 Å². The Labute approximate surface area is 171 Å². The molecular formula is C22H20F2N2O4. The van der Waals surface area contributed by atoms with Gasteiger partial charge in [0.05, 0.1) is 29.8 Å². The Hall–Kier alpha value is -3.13. The van der Waals surface area contributed by atoms with E-state index in [-0.39, 0.29) is 29.3 Å². The van der Waals surface area contributed by atoms with E-state index < -0.39 is 35.4 Å². The maximum Gasteiger partial charge on any atom is 0.261 e. The van der Waals surface area contributed by atoms with Crippen molar-refractivity contribution >= 4 is 17.7 Å². The van der Waals surface area contributed by atoms with E-state index in [2.05, 4.69) is 5.32 Å². The van der Waals surface area contributed by atoms with E-state index in [4.69, 9.17) is 4.74 Å². The van der Waals surface area contributed by atoms with Crippen molar-refractivity contribution in [2.45, 2.75) is 31.9 Å². The molecule has 2 atom stereocenters. The van der Waals surface area contributed by atoms with Crippen LogP contribution in [0.25, 0.3) is 0 Å². The number of fused-ring (bicyclic) bond motifs is 1. The first-order chi connectivity index (χ1) is 14.3. The van der Waals surface area contributed by atoms with E-state index in [1.807, 2.05) is 0 Å². The third-order valence-electron chi connectivity index (χ3n) is 5.43. The van der Waals surface area contributed by atoms with Crippen molar-refractivity contribution in [1.82, 2.24) is 10.2 Å². The standard InChI is InChI=1S/C22H20F2N2O4/c1-12(13-5-7-18(23)19(24)10-13)25-20(27)14-4-6-16-17(9-14)22(29)26(21(16)28)11-15-3-2-8-30-15/h4-7,9-10,12,15H,2-3,8,11H2,1H3,(H,25,27). The first kappa shape index (κ1) is 20.2. The smallest absolute Gasteiger partial charge is 0.261 e. The lowest BCUT2D eigenvalue weighted by Crippen LogP contribution is -2.36. The highest BCUT2D eigenvalue weighted by atomic mass is 19.2. The summed E-state index contributed by atoms with van der Waals surface area (Å²) in [6, 6.07) is 7.13. The van der Waals surface area contributed by atoms with E-state index in [1.165, 1.54) is 24.3 Å². The average Bonchev–Trinajstić information content (AvgIpc) is 3.33. The predicted octanol–water partition coefficient (Wildman–Crippen LogP) is 3.23. The average molecular weight is 414 g/mol. The molecule has 6 nitrogen and oxygen atoms in total. The second-order valence-corrected chi connectivity index (χ2v) is 7.48. The number of hydrogen-bond donors (Lipinski definition) is 1. The maximum absolute atomic E-state index is 13.4. The second-order valence-electron chi connectivity index (χ2n) is 7.48. The predicted molar refractivity (Wildman–Crippen MR) is 103 cm³/mol. The number of hydrogen-bond acceptors (Lipinski definition) is 4. The van der Waals surface area contributed by atoms with Crippen LogP contribution < -0.4 is 5.32 Å². The van der Waals surface area contributed by atoms with Gasteiger partial charge in [0.25, 0.3) is 17.7 Å². The summed E-state index contributed by atoms with van der Waals surface area (Å²) in [4.78, 5) is 39.1. The molecule has 3 amide bonds. The molecule has 0 spiro atoms. The highest BCUT2D eigenvalue weighted by Gasteiger charge is 2.38. The molecule has 2 aromatic rings. The van der Waals surface area contributed by atoms with Gasteiger partial charge in [0.1, 0.15) is 0 Å². The zero-order valence-corrected chi connectivity index (χ0v) is 16.3. The van der Waals surface area contributed by atoms with Crippen LogP contribution in [0.2, 0.25) is 0 Å². The van der Waals surface area contributed by atoms with Gasteiger partial charge in [0.15, 0.2) is 11.6 Å². The van der Waals surface area contributed by atoms with Crippen LogP contribution in [0.5, 0.6) is 0 Å². The van der Waals surface area contributed by atoms with Gasteiger partial charge < -0.3 is 10.1 Å². The number of carbonyl (C=O) groups is 3. The molecule has 2 aliphatic rings. The van der Waals surface area contributed by atoms with Gasteiger partial charge in [-0.25, -0.2) is 8.78 Å². The van der Waals surface area contributed by atoms with Crippen LogP contribution in [-0.2, 0) is 4.74 Å². The molecule has 30 heavy (non-hydrogen) atoms. The summed E-state index contributed by atoms with van der Waals surface area (Å²) in [6.45, 7) is 2.45. The number of nitrogens with one attached hydrogen (secondary N) is 1. The number of imide groups is 1.